The largest absolute Gasteiger partial charge is 0.500 e. The number of ether oxygens (including phenoxy) is 1. The summed E-state index contributed by atoms with van der Waals surface area (Å²) in [5.41, 5.74) is 0. The molecule has 1 N–H and O–H groups in total. The van der Waals surface area contributed by atoms with Crippen molar-refractivity contribution in [2.75, 3.05) is 34.3 Å². The molecule has 1 fully saturated rings. The van der Waals surface area contributed by atoms with Crippen LogP contribution in [0, 0.1) is 5.92 Å². The van der Waals surface area contributed by atoms with Crippen LogP contribution < -0.4 is 5.32 Å². The van der Waals surface area contributed by atoms with Crippen LogP contribution in [0.15, 0.2) is 12.3 Å². The molecule has 0 amide bonds. The van der Waals surface area contributed by atoms with Gasteiger partial charge in [0.05, 0.1) is 13.7 Å². The highest BCUT2D eigenvalue weighted by atomic mass is 16.5. The topological polar surface area (TPSA) is 24.5 Å². The zero-order chi connectivity index (χ0) is 12.0. The minimum Gasteiger partial charge on any atom is -0.500 e. The maximum Gasteiger partial charge on any atom is 0.102 e. The SMILES string of the molecule is C=C(CNC1CCC(CN(C)C)CC1)OC. The van der Waals surface area contributed by atoms with Crippen LogP contribution in [-0.4, -0.2) is 45.2 Å². The Morgan fingerprint density at radius 2 is 1.94 bits per heavy atom. The van der Waals surface area contributed by atoms with E-state index in [1.165, 1.54) is 32.2 Å². The Morgan fingerprint density at radius 3 is 2.44 bits per heavy atom. The quantitative estimate of drug-likeness (QED) is 0.700. The van der Waals surface area contributed by atoms with Crippen molar-refractivity contribution in [3.8, 4) is 0 Å². The van der Waals surface area contributed by atoms with Gasteiger partial charge in [-0.3, -0.25) is 0 Å². The van der Waals surface area contributed by atoms with E-state index in [-0.39, 0.29) is 0 Å². The second-order valence-corrected chi connectivity index (χ2v) is 5.10. The Balaban J connectivity index is 2.14. The molecule has 1 saturated carbocycles. The van der Waals surface area contributed by atoms with Crippen molar-refractivity contribution in [1.82, 2.24) is 10.2 Å². The molecular formula is C13H26N2O. The Morgan fingerprint density at radius 1 is 1.31 bits per heavy atom. The van der Waals surface area contributed by atoms with E-state index in [1.54, 1.807) is 7.11 Å². The summed E-state index contributed by atoms with van der Waals surface area (Å²) in [5, 5.41) is 3.51. The zero-order valence-corrected chi connectivity index (χ0v) is 11.0. The van der Waals surface area contributed by atoms with Crippen LogP contribution in [0.5, 0.6) is 0 Å². The van der Waals surface area contributed by atoms with Crippen LogP contribution in [0.25, 0.3) is 0 Å². The minimum absolute atomic E-state index is 0.658. The van der Waals surface area contributed by atoms with Crippen LogP contribution in [0.4, 0.5) is 0 Å². The molecule has 0 aromatic carbocycles. The smallest absolute Gasteiger partial charge is 0.102 e. The highest BCUT2D eigenvalue weighted by Crippen LogP contribution is 2.24. The summed E-state index contributed by atoms with van der Waals surface area (Å²) in [6.45, 7) is 5.85. The monoisotopic (exact) mass is 226 g/mol. The van der Waals surface area contributed by atoms with Gasteiger partial charge in [0.25, 0.3) is 0 Å². The molecule has 3 heteroatoms. The number of methoxy groups -OCH3 is 1. The molecule has 1 aliphatic carbocycles. The van der Waals surface area contributed by atoms with Crippen molar-refractivity contribution in [3.63, 3.8) is 0 Å². The van der Waals surface area contributed by atoms with E-state index in [0.29, 0.717) is 6.04 Å². The van der Waals surface area contributed by atoms with Crippen molar-refractivity contribution in [2.45, 2.75) is 31.7 Å². The molecule has 0 unspecified atom stereocenters. The van der Waals surface area contributed by atoms with Crippen LogP contribution >= 0.6 is 0 Å². The molecular weight excluding hydrogens is 200 g/mol. The highest BCUT2D eigenvalue weighted by molar-refractivity contribution is 4.87. The average molecular weight is 226 g/mol. The summed E-state index contributed by atoms with van der Waals surface area (Å²) in [7, 11) is 6.00. The molecule has 94 valence electrons. The molecule has 0 aromatic heterocycles. The molecule has 16 heavy (non-hydrogen) atoms. The molecule has 0 saturated heterocycles. The summed E-state index contributed by atoms with van der Waals surface area (Å²) in [5.74, 6) is 1.72. The fraction of sp³-hybridized carbons (Fsp3) is 0.846. The van der Waals surface area contributed by atoms with E-state index < -0.39 is 0 Å². The number of hydrogen-bond acceptors (Lipinski definition) is 3. The van der Waals surface area contributed by atoms with Crippen LogP contribution in [0.2, 0.25) is 0 Å². The van der Waals surface area contributed by atoms with Gasteiger partial charge in [-0.05, 0) is 45.7 Å². The third kappa shape index (κ3) is 4.99. The van der Waals surface area contributed by atoms with Gasteiger partial charge in [0.15, 0.2) is 0 Å². The van der Waals surface area contributed by atoms with Gasteiger partial charge in [0.1, 0.15) is 5.76 Å². The fourth-order valence-corrected chi connectivity index (χ4v) is 2.40. The normalized spacial score (nSPS) is 25.8. The van der Waals surface area contributed by atoms with E-state index >= 15 is 0 Å². The van der Waals surface area contributed by atoms with E-state index in [4.69, 9.17) is 4.74 Å². The van der Waals surface area contributed by atoms with Gasteiger partial charge in [-0.1, -0.05) is 6.58 Å². The molecule has 0 aliphatic heterocycles. The summed E-state index contributed by atoms with van der Waals surface area (Å²) >= 11 is 0. The van der Waals surface area contributed by atoms with E-state index in [9.17, 15) is 0 Å². The first kappa shape index (κ1) is 13.5. The standard InChI is InChI=1S/C13H26N2O/c1-11(16-4)9-14-13-7-5-12(6-8-13)10-15(2)3/h12-14H,1,5-10H2,2-4H3. The van der Waals surface area contributed by atoms with Crippen molar-refractivity contribution in [3.05, 3.63) is 12.3 Å². The van der Waals surface area contributed by atoms with E-state index in [2.05, 4.69) is 30.9 Å². The lowest BCUT2D eigenvalue weighted by atomic mass is 9.86. The van der Waals surface area contributed by atoms with Crippen LogP contribution in [0.3, 0.4) is 0 Å². The van der Waals surface area contributed by atoms with Gasteiger partial charge in [0, 0.05) is 12.6 Å². The zero-order valence-electron chi connectivity index (χ0n) is 11.0. The van der Waals surface area contributed by atoms with Gasteiger partial charge in [0.2, 0.25) is 0 Å². The molecule has 0 heterocycles. The highest BCUT2D eigenvalue weighted by Gasteiger charge is 2.21. The summed E-state index contributed by atoms with van der Waals surface area (Å²) in [6, 6.07) is 0.658. The van der Waals surface area contributed by atoms with Gasteiger partial charge < -0.3 is 15.0 Å². The van der Waals surface area contributed by atoms with Crippen LogP contribution in [0.1, 0.15) is 25.7 Å². The second-order valence-electron chi connectivity index (χ2n) is 5.10. The van der Waals surface area contributed by atoms with E-state index in [1.807, 2.05) is 0 Å². The predicted octanol–water partition coefficient (Wildman–Crippen LogP) is 1.86. The summed E-state index contributed by atoms with van der Waals surface area (Å²) in [4.78, 5) is 2.30. The van der Waals surface area contributed by atoms with Gasteiger partial charge in [-0.15, -0.1) is 0 Å². The third-order valence-corrected chi connectivity index (χ3v) is 3.35. The first-order valence-corrected chi connectivity index (χ1v) is 6.21. The number of nitrogens with one attached hydrogen (secondary N) is 1. The molecule has 0 aromatic rings. The average Bonchev–Trinajstić information content (AvgIpc) is 2.27. The molecule has 0 atom stereocenters. The molecule has 1 rings (SSSR count). The van der Waals surface area contributed by atoms with E-state index in [0.717, 1.165) is 18.2 Å². The van der Waals surface area contributed by atoms with Gasteiger partial charge in [-0.25, -0.2) is 0 Å². The molecule has 1 aliphatic rings. The Labute approximate surface area is 99.8 Å². The molecule has 3 nitrogen and oxygen atoms in total. The number of nitrogens with zero attached hydrogens (tertiary/aromatic N) is 1. The summed E-state index contributed by atoms with van der Waals surface area (Å²) < 4.78 is 5.05. The Kier molecular flexibility index (Phi) is 5.85. The predicted molar refractivity (Wildman–Crippen MR) is 68.5 cm³/mol. The number of hydrogen-bond donors (Lipinski definition) is 1. The van der Waals surface area contributed by atoms with Crippen molar-refractivity contribution in [2.24, 2.45) is 5.92 Å². The minimum atomic E-state index is 0.658. The first-order valence-electron chi connectivity index (χ1n) is 6.21. The van der Waals surface area contributed by atoms with Crippen LogP contribution in [-0.2, 0) is 4.74 Å². The number of rotatable bonds is 6. The Bertz CT molecular complexity index is 208. The molecule has 0 spiro atoms. The molecule has 0 radical (unpaired) electrons. The van der Waals surface area contributed by atoms with Crippen molar-refractivity contribution < 1.29 is 4.74 Å². The second kappa shape index (κ2) is 6.92. The molecule has 0 bridgehead atoms. The lowest BCUT2D eigenvalue weighted by Crippen LogP contribution is -2.36. The maximum absolute atomic E-state index is 5.05. The fourth-order valence-electron chi connectivity index (χ4n) is 2.40. The van der Waals surface area contributed by atoms with Crippen molar-refractivity contribution >= 4 is 0 Å². The van der Waals surface area contributed by atoms with Gasteiger partial charge >= 0.3 is 0 Å². The summed E-state index contributed by atoms with van der Waals surface area (Å²) in [6.07, 6.45) is 5.26. The Hall–Kier alpha value is -0.540. The third-order valence-electron chi connectivity index (χ3n) is 3.35. The lowest BCUT2D eigenvalue weighted by Gasteiger charge is -2.30. The van der Waals surface area contributed by atoms with Crippen molar-refractivity contribution in [1.29, 1.82) is 0 Å². The van der Waals surface area contributed by atoms with Gasteiger partial charge in [-0.2, -0.15) is 0 Å². The first-order chi connectivity index (χ1) is 7.61. The lowest BCUT2D eigenvalue weighted by molar-refractivity contribution is 0.227. The maximum atomic E-state index is 5.05.